The van der Waals surface area contributed by atoms with E-state index >= 15 is 0 Å². The first-order valence-electron chi connectivity index (χ1n) is 11.0. The molecule has 1 unspecified atom stereocenters. The van der Waals surface area contributed by atoms with Gasteiger partial charge in [0, 0.05) is 36.3 Å². The van der Waals surface area contributed by atoms with Gasteiger partial charge >= 0.3 is 5.97 Å². The SMILES string of the molecule is CCN1C=C(c2ccccc2)C2CC(Nc3ncc(C4CC4)cc3C(=O)OC)=CC=C21. The van der Waals surface area contributed by atoms with E-state index in [9.17, 15) is 4.79 Å². The summed E-state index contributed by atoms with van der Waals surface area (Å²) in [7, 11) is 1.42. The average molecular weight is 414 g/mol. The minimum absolute atomic E-state index is 0.280. The maximum absolute atomic E-state index is 12.4. The van der Waals surface area contributed by atoms with Crippen LogP contribution in [0.1, 0.15) is 53.6 Å². The van der Waals surface area contributed by atoms with Crippen molar-refractivity contribution in [1.82, 2.24) is 9.88 Å². The molecule has 1 fully saturated rings. The quantitative estimate of drug-likeness (QED) is 0.650. The fourth-order valence-corrected chi connectivity index (χ4v) is 4.50. The van der Waals surface area contributed by atoms with Crippen molar-refractivity contribution < 1.29 is 9.53 Å². The highest BCUT2D eigenvalue weighted by Gasteiger charge is 2.33. The second-order valence-corrected chi connectivity index (χ2v) is 8.33. The number of fused-ring (bicyclic) bond motifs is 1. The Hall–Kier alpha value is -3.34. The van der Waals surface area contributed by atoms with Crippen LogP contribution >= 0.6 is 0 Å². The van der Waals surface area contributed by atoms with E-state index in [2.05, 4.69) is 64.7 Å². The highest BCUT2D eigenvalue weighted by molar-refractivity contribution is 5.95. The van der Waals surface area contributed by atoms with Gasteiger partial charge in [-0.15, -0.1) is 0 Å². The number of carbonyl (C=O) groups excluding carboxylic acids is 1. The highest BCUT2D eigenvalue weighted by Crippen LogP contribution is 2.44. The van der Waals surface area contributed by atoms with Crippen molar-refractivity contribution in [3.63, 3.8) is 0 Å². The number of allylic oxidation sites excluding steroid dienone is 4. The minimum atomic E-state index is -0.354. The molecule has 31 heavy (non-hydrogen) atoms. The Morgan fingerprint density at radius 1 is 1.23 bits per heavy atom. The van der Waals surface area contributed by atoms with Gasteiger partial charge in [-0.2, -0.15) is 0 Å². The number of aromatic nitrogens is 1. The first kappa shape index (κ1) is 19.6. The van der Waals surface area contributed by atoms with Gasteiger partial charge in [-0.25, -0.2) is 9.78 Å². The maximum atomic E-state index is 12.4. The van der Waals surface area contributed by atoms with Crippen molar-refractivity contribution in [2.75, 3.05) is 19.0 Å². The highest BCUT2D eigenvalue weighted by atomic mass is 16.5. The molecule has 2 heterocycles. The van der Waals surface area contributed by atoms with Crippen LogP contribution in [-0.4, -0.2) is 29.5 Å². The number of rotatable bonds is 6. The second-order valence-electron chi connectivity index (χ2n) is 8.33. The van der Waals surface area contributed by atoms with Crippen molar-refractivity contribution in [3.05, 3.63) is 89.0 Å². The van der Waals surface area contributed by atoms with Gasteiger partial charge in [-0.1, -0.05) is 30.3 Å². The average Bonchev–Trinajstić information content (AvgIpc) is 3.60. The Kier molecular flexibility index (Phi) is 5.10. The van der Waals surface area contributed by atoms with Gasteiger partial charge in [0.25, 0.3) is 0 Å². The zero-order valence-corrected chi connectivity index (χ0v) is 18.0. The lowest BCUT2D eigenvalue weighted by molar-refractivity contribution is 0.0601. The monoisotopic (exact) mass is 413 g/mol. The first-order chi connectivity index (χ1) is 15.2. The van der Waals surface area contributed by atoms with Crippen LogP contribution in [0.5, 0.6) is 0 Å². The van der Waals surface area contributed by atoms with Crippen molar-refractivity contribution in [3.8, 4) is 0 Å². The number of carbonyl (C=O) groups is 1. The Balaban J connectivity index is 1.43. The number of pyridine rings is 1. The molecule has 3 aliphatic rings. The molecule has 0 spiro atoms. The molecule has 1 aliphatic heterocycles. The lowest BCUT2D eigenvalue weighted by Crippen LogP contribution is -2.20. The number of anilines is 1. The fraction of sp³-hybridized carbons (Fsp3) is 0.308. The number of nitrogens with one attached hydrogen (secondary N) is 1. The predicted octanol–water partition coefficient (Wildman–Crippen LogP) is 5.32. The number of hydrogen-bond donors (Lipinski definition) is 1. The van der Waals surface area contributed by atoms with Crippen molar-refractivity contribution >= 4 is 17.4 Å². The zero-order valence-electron chi connectivity index (χ0n) is 18.0. The van der Waals surface area contributed by atoms with Crippen LogP contribution in [0.3, 0.4) is 0 Å². The van der Waals surface area contributed by atoms with Gasteiger partial charge < -0.3 is 15.0 Å². The summed E-state index contributed by atoms with van der Waals surface area (Å²) in [5.41, 5.74) is 6.56. The third-order valence-corrected chi connectivity index (χ3v) is 6.33. The molecule has 5 nitrogen and oxygen atoms in total. The molecule has 1 atom stereocenters. The molecule has 1 N–H and O–H groups in total. The van der Waals surface area contributed by atoms with E-state index in [0.29, 0.717) is 17.3 Å². The largest absolute Gasteiger partial charge is 0.465 e. The molecule has 5 heteroatoms. The third kappa shape index (κ3) is 3.76. The number of benzene rings is 1. The minimum Gasteiger partial charge on any atom is -0.465 e. The van der Waals surface area contributed by atoms with Crippen LogP contribution in [0.15, 0.2) is 72.3 Å². The summed E-state index contributed by atoms with van der Waals surface area (Å²) in [6, 6.07) is 12.5. The van der Waals surface area contributed by atoms with Crippen LogP contribution in [0.25, 0.3) is 5.57 Å². The summed E-state index contributed by atoms with van der Waals surface area (Å²) < 4.78 is 5.03. The molecule has 1 aromatic carbocycles. The van der Waals surface area contributed by atoms with Gasteiger partial charge in [0.2, 0.25) is 0 Å². The summed E-state index contributed by atoms with van der Waals surface area (Å²) in [5.74, 6) is 1.02. The summed E-state index contributed by atoms with van der Waals surface area (Å²) in [6.07, 6.45) is 11.6. The fourth-order valence-electron chi connectivity index (χ4n) is 4.50. The van der Waals surface area contributed by atoms with E-state index in [-0.39, 0.29) is 11.9 Å². The number of esters is 1. The van der Waals surface area contributed by atoms with Crippen LogP contribution in [0.2, 0.25) is 0 Å². The zero-order chi connectivity index (χ0) is 21.4. The topological polar surface area (TPSA) is 54.5 Å². The summed E-state index contributed by atoms with van der Waals surface area (Å²) in [4.78, 5) is 19.3. The molecule has 0 bridgehead atoms. The van der Waals surface area contributed by atoms with E-state index in [1.165, 1.54) is 23.9 Å². The summed E-state index contributed by atoms with van der Waals surface area (Å²) >= 11 is 0. The number of nitrogens with zero attached hydrogens (tertiary/aromatic N) is 2. The molecule has 2 aromatic rings. The molecule has 2 aliphatic carbocycles. The first-order valence-corrected chi connectivity index (χ1v) is 11.0. The molecule has 5 rings (SSSR count). The molecule has 1 aromatic heterocycles. The van der Waals surface area contributed by atoms with Crippen LogP contribution < -0.4 is 5.32 Å². The Bertz CT molecular complexity index is 1100. The van der Waals surface area contributed by atoms with E-state index in [1.54, 1.807) is 0 Å². The van der Waals surface area contributed by atoms with Gasteiger partial charge in [0.1, 0.15) is 11.4 Å². The lowest BCUT2D eigenvalue weighted by atomic mass is 9.86. The molecular weight excluding hydrogens is 386 g/mol. The van der Waals surface area contributed by atoms with Crippen molar-refractivity contribution in [1.29, 1.82) is 0 Å². The van der Waals surface area contributed by atoms with Gasteiger partial charge in [-0.05, 0) is 67.0 Å². The van der Waals surface area contributed by atoms with Gasteiger partial charge in [-0.3, -0.25) is 0 Å². The van der Waals surface area contributed by atoms with Crippen LogP contribution in [-0.2, 0) is 4.74 Å². The predicted molar refractivity (Wildman–Crippen MR) is 122 cm³/mol. The maximum Gasteiger partial charge on any atom is 0.341 e. The molecule has 0 radical (unpaired) electrons. The van der Waals surface area contributed by atoms with E-state index in [0.717, 1.165) is 37.1 Å². The smallest absolute Gasteiger partial charge is 0.341 e. The third-order valence-electron chi connectivity index (χ3n) is 6.33. The second kappa shape index (κ2) is 8.06. The molecule has 1 saturated carbocycles. The molecular formula is C26H27N3O2. The summed E-state index contributed by atoms with van der Waals surface area (Å²) in [6.45, 7) is 3.11. The molecule has 158 valence electrons. The summed E-state index contributed by atoms with van der Waals surface area (Å²) in [5, 5.41) is 3.43. The standard InChI is InChI=1S/C26H27N3O2/c1-3-29-16-23(18-7-5-4-6-8-18)21-14-20(11-12-24(21)29)28-25-22(26(30)31-2)13-19(15-27-25)17-9-10-17/h4-8,11-13,15-17,21H,3,9-10,14H2,1-2H3,(H,27,28). The Morgan fingerprint density at radius 2 is 2.03 bits per heavy atom. The number of hydrogen-bond acceptors (Lipinski definition) is 5. The van der Waals surface area contributed by atoms with Crippen molar-refractivity contribution in [2.24, 2.45) is 5.92 Å². The lowest BCUT2D eigenvalue weighted by Gasteiger charge is -2.26. The van der Waals surface area contributed by atoms with Crippen LogP contribution in [0.4, 0.5) is 5.82 Å². The normalized spacial score (nSPS) is 19.9. The van der Waals surface area contributed by atoms with Crippen LogP contribution in [0, 0.1) is 5.92 Å². The van der Waals surface area contributed by atoms with E-state index in [1.807, 2.05) is 18.3 Å². The van der Waals surface area contributed by atoms with E-state index < -0.39 is 0 Å². The molecule has 0 saturated heterocycles. The molecule has 0 amide bonds. The van der Waals surface area contributed by atoms with E-state index in [4.69, 9.17) is 4.74 Å². The Morgan fingerprint density at radius 3 is 2.74 bits per heavy atom. The van der Waals surface area contributed by atoms with Gasteiger partial charge in [0.05, 0.1) is 7.11 Å². The number of ether oxygens (including phenoxy) is 1. The Labute approximate surface area is 183 Å². The van der Waals surface area contributed by atoms with Gasteiger partial charge in [0.15, 0.2) is 0 Å². The van der Waals surface area contributed by atoms with Crippen molar-refractivity contribution in [2.45, 2.75) is 32.1 Å². The number of methoxy groups -OCH3 is 1.